The van der Waals surface area contributed by atoms with Crippen LogP contribution in [0.2, 0.25) is 0 Å². The summed E-state index contributed by atoms with van der Waals surface area (Å²) in [6.07, 6.45) is 1.12. The summed E-state index contributed by atoms with van der Waals surface area (Å²) < 4.78 is 1.39. The van der Waals surface area contributed by atoms with E-state index in [1.54, 1.807) is 0 Å². The maximum Gasteiger partial charge on any atom is 0.125 e. The SMILES string of the molecule is Cc1sc2ccc(-c3cc(-c4cc(C(C)(C)C)c5ccccc5c4)nc4sc(C)c(C)c34)cc2c1CC(C)C. The number of fused-ring (bicyclic) bond motifs is 3. The van der Waals surface area contributed by atoms with Crippen LogP contribution in [0.3, 0.4) is 0 Å². The van der Waals surface area contributed by atoms with Crippen LogP contribution in [0.25, 0.3) is 53.5 Å². The van der Waals surface area contributed by atoms with Gasteiger partial charge in [0.1, 0.15) is 4.83 Å². The minimum atomic E-state index is 0.0350. The summed E-state index contributed by atoms with van der Waals surface area (Å²) in [7, 11) is 0. The van der Waals surface area contributed by atoms with Gasteiger partial charge in [0, 0.05) is 25.4 Å². The van der Waals surface area contributed by atoms with Crippen molar-refractivity contribution < 1.29 is 0 Å². The van der Waals surface area contributed by atoms with E-state index in [1.807, 2.05) is 22.7 Å². The monoisotopic (exact) mass is 547 g/mol. The van der Waals surface area contributed by atoms with Crippen molar-refractivity contribution in [2.75, 3.05) is 0 Å². The lowest BCUT2D eigenvalue weighted by Crippen LogP contribution is -2.12. The van der Waals surface area contributed by atoms with E-state index in [1.165, 1.54) is 69.4 Å². The van der Waals surface area contributed by atoms with Crippen LogP contribution in [0.15, 0.2) is 60.7 Å². The largest absolute Gasteiger partial charge is 0.237 e. The van der Waals surface area contributed by atoms with E-state index in [2.05, 4.69) is 116 Å². The Morgan fingerprint density at radius 2 is 1.56 bits per heavy atom. The fourth-order valence-corrected chi connectivity index (χ4v) is 8.04. The second-order valence-corrected chi connectivity index (χ2v) is 14.9. The molecular weight excluding hydrogens is 511 g/mol. The van der Waals surface area contributed by atoms with Gasteiger partial charge in [0.2, 0.25) is 0 Å². The molecule has 3 aromatic carbocycles. The van der Waals surface area contributed by atoms with Crippen molar-refractivity contribution in [1.29, 1.82) is 0 Å². The number of hydrogen-bond acceptors (Lipinski definition) is 3. The Labute approximate surface area is 240 Å². The molecular formula is C36H37NS2. The molecule has 3 heterocycles. The third-order valence-electron chi connectivity index (χ3n) is 8.02. The molecule has 0 N–H and O–H groups in total. The number of hydrogen-bond donors (Lipinski definition) is 0. The van der Waals surface area contributed by atoms with Crippen molar-refractivity contribution in [3.8, 4) is 22.4 Å². The van der Waals surface area contributed by atoms with E-state index in [9.17, 15) is 0 Å². The zero-order valence-electron chi connectivity index (χ0n) is 24.3. The zero-order chi connectivity index (χ0) is 27.6. The fourth-order valence-electron chi connectivity index (χ4n) is 5.91. The van der Waals surface area contributed by atoms with Crippen LogP contribution in [-0.2, 0) is 11.8 Å². The lowest BCUT2D eigenvalue weighted by atomic mass is 9.82. The molecule has 0 bridgehead atoms. The van der Waals surface area contributed by atoms with Gasteiger partial charge in [-0.1, -0.05) is 65.0 Å². The lowest BCUT2D eigenvalue weighted by molar-refractivity contribution is 0.596. The van der Waals surface area contributed by atoms with Crippen molar-refractivity contribution in [2.24, 2.45) is 5.92 Å². The molecule has 0 fully saturated rings. The molecule has 0 saturated heterocycles. The van der Waals surface area contributed by atoms with Crippen LogP contribution < -0.4 is 0 Å². The minimum absolute atomic E-state index is 0.0350. The van der Waals surface area contributed by atoms with Crippen LogP contribution in [0, 0.1) is 26.7 Å². The van der Waals surface area contributed by atoms with E-state index in [0.717, 1.165) is 16.9 Å². The molecule has 0 aliphatic rings. The highest BCUT2D eigenvalue weighted by atomic mass is 32.1. The third kappa shape index (κ3) is 4.60. The summed E-state index contributed by atoms with van der Waals surface area (Å²) in [4.78, 5) is 9.21. The van der Waals surface area contributed by atoms with E-state index >= 15 is 0 Å². The molecule has 0 aliphatic heterocycles. The first-order chi connectivity index (χ1) is 18.5. The third-order valence-corrected chi connectivity index (χ3v) is 10.3. The van der Waals surface area contributed by atoms with Gasteiger partial charge in [0.15, 0.2) is 0 Å². The van der Waals surface area contributed by atoms with Crippen molar-refractivity contribution >= 4 is 53.7 Å². The van der Waals surface area contributed by atoms with E-state index in [4.69, 9.17) is 4.98 Å². The Morgan fingerprint density at radius 1 is 0.795 bits per heavy atom. The summed E-state index contributed by atoms with van der Waals surface area (Å²) >= 11 is 3.75. The van der Waals surface area contributed by atoms with Gasteiger partial charge in [-0.15, -0.1) is 22.7 Å². The average Bonchev–Trinajstić information content (AvgIpc) is 3.35. The summed E-state index contributed by atoms with van der Waals surface area (Å²) in [5, 5.41) is 5.32. The molecule has 0 saturated carbocycles. The standard InChI is InChI=1S/C36H37NS2/c1-20(2)15-28-23(5)38-33-14-13-25(17-30(28)33)29-19-32(37-35-34(29)21(3)22(4)39-35)26-16-24-11-9-10-12-27(24)31(18-26)36(6,7)8/h9-14,16-20H,15H2,1-8H3. The summed E-state index contributed by atoms with van der Waals surface area (Å²) in [6, 6.07) is 22.9. The number of rotatable bonds is 4. The van der Waals surface area contributed by atoms with Crippen LogP contribution in [0.4, 0.5) is 0 Å². The number of aryl methyl sites for hydroxylation is 3. The number of benzene rings is 3. The number of pyridine rings is 1. The Hall–Kier alpha value is -3.01. The lowest BCUT2D eigenvalue weighted by Gasteiger charge is -2.23. The second kappa shape index (κ2) is 9.57. The van der Waals surface area contributed by atoms with Crippen LogP contribution in [0.1, 0.15) is 61.1 Å². The molecule has 198 valence electrons. The van der Waals surface area contributed by atoms with Gasteiger partial charge in [0.05, 0.1) is 5.69 Å². The van der Waals surface area contributed by atoms with Gasteiger partial charge in [-0.2, -0.15) is 0 Å². The van der Waals surface area contributed by atoms with Gasteiger partial charge in [0.25, 0.3) is 0 Å². The van der Waals surface area contributed by atoms with Gasteiger partial charge in [-0.05, 0) is 113 Å². The molecule has 1 nitrogen and oxygen atoms in total. The molecule has 0 unspecified atom stereocenters. The quantitative estimate of drug-likeness (QED) is 0.214. The van der Waals surface area contributed by atoms with Crippen molar-refractivity contribution in [2.45, 2.75) is 67.2 Å². The molecule has 0 radical (unpaired) electrons. The number of nitrogens with zero attached hydrogens (tertiary/aromatic N) is 1. The Balaban J connectivity index is 1.63. The molecule has 3 aromatic heterocycles. The van der Waals surface area contributed by atoms with Crippen molar-refractivity contribution in [3.63, 3.8) is 0 Å². The van der Waals surface area contributed by atoms with Crippen LogP contribution >= 0.6 is 22.7 Å². The number of aromatic nitrogens is 1. The van der Waals surface area contributed by atoms with Gasteiger partial charge < -0.3 is 0 Å². The van der Waals surface area contributed by atoms with E-state index in [0.29, 0.717) is 5.92 Å². The van der Waals surface area contributed by atoms with Crippen LogP contribution in [-0.4, -0.2) is 4.98 Å². The van der Waals surface area contributed by atoms with Crippen molar-refractivity contribution in [1.82, 2.24) is 4.98 Å². The predicted molar refractivity (Wildman–Crippen MR) is 175 cm³/mol. The Kier molecular flexibility index (Phi) is 6.44. The first-order valence-electron chi connectivity index (χ1n) is 14.0. The van der Waals surface area contributed by atoms with Gasteiger partial charge in [-0.25, -0.2) is 4.98 Å². The Morgan fingerprint density at radius 3 is 2.31 bits per heavy atom. The predicted octanol–water partition coefficient (Wildman–Crippen LogP) is 11.4. The Bertz CT molecular complexity index is 1870. The summed E-state index contributed by atoms with van der Waals surface area (Å²) in [6.45, 7) is 18.3. The molecule has 0 amide bonds. The highest BCUT2D eigenvalue weighted by Gasteiger charge is 2.21. The molecule has 6 rings (SSSR count). The molecule has 0 atom stereocenters. The molecule has 3 heteroatoms. The maximum absolute atomic E-state index is 5.29. The molecule has 6 aromatic rings. The zero-order valence-corrected chi connectivity index (χ0v) is 26.0. The maximum atomic E-state index is 5.29. The molecule has 0 spiro atoms. The van der Waals surface area contributed by atoms with Gasteiger partial charge >= 0.3 is 0 Å². The fraction of sp³-hybridized carbons (Fsp3) is 0.306. The first-order valence-corrected chi connectivity index (χ1v) is 15.6. The van der Waals surface area contributed by atoms with E-state index in [-0.39, 0.29) is 5.41 Å². The first kappa shape index (κ1) is 26.2. The second-order valence-electron chi connectivity index (χ2n) is 12.5. The topological polar surface area (TPSA) is 12.9 Å². The molecule has 39 heavy (non-hydrogen) atoms. The highest BCUT2D eigenvalue weighted by Crippen LogP contribution is 2.43. The molecule has 0 aliphatic carbocycles. The van der Waals surface area contributed by atoms with Crippen molar-refractivity contribution in [3.05, 3.63) is 87.1 Å². The van der Waals surface area contributed by atoms with Crippen LogP contribution in [0.5, 0.6) is 0 Å². The number of thiophene rings is 2. The average molecular weight is 548 g/mol. The van der Waals surface area contributed by atoms with Gasteiger partial charge in [-0.3, -0.25) is 0 Å². The summed E-state index contributed by atoms with van der Waals surface area (Å²) in [5.41, 5.74) is 9.10. The van der Waals surface area contributed by atoms with E-state index < -0.39 is 0 Å². The minimum Gasteiger partial charge on any atom is -0.237 e. The smallest absolute Gasteiger partial charge is 0.125 e. The normalized spacial score (nSPS) is 12.4. The summed E-state index contributed by atoms with van der Waals surface area (Å²) in [5.74, 6) is 0.635. The highest BCUT2D eigenvalue weighted by molar-refractivity contribution is 7.19.